The van der Waals surface area contributed by atoms with Crippen LogP contribution >= 0.6 is 23.2 Å². The van der Waals surface area contributed by atoms with Crippen molar-refractivity contribution in [2.75, 3.05) is 24.2 Å². The number of hydrogen-bond donors (Lipinski definition) is 1. The molecule has 11 heteroatoms. The van der Waals surface area contributed by atoms with E-state index in [9.17, 15) is 18.0 Å². The first-order chi connectivity index (χ1) is 18.9. The van der Waals surface area contributed by atoms with Gasteiger partial charge in [-0.25, -0.2) is 8.42 Å². The summed E-state index contributed by atoms with van der Waals surface area (Å²) in [5, 5.41) is 3.57. The van der Waals surface area contributed by atoms with Crippen LogP contribution in [0.3, 0.4) is 0 Å². The molecule has 1 atom stereocenters. The number of hydrogen-bond acceptors (Lipinski definition) is 5. The Bertz CT molecular complexity index is 1430. The number of sulfonamides is 1. The van der Waals surface area contributed by atoms with Crippen molar-refractivity contribution in [2.45, 2.75) is 38.9 Å². The number of amides is 2. The molecule has 3 aromatic rings. The van der Waals surface area contributed by atoms with Gasteiger partial charge in [-0.1, -0.05) is 65.7 Å². The first-order valence-electron chi connectivity index (χ1n) is 12.6. The fourth-order valence-electron chi connectivity index (χ4n) is 4.19. The summed E-state index contributed by atoms with van der Waals surface area (Å²) in [5.74, 6) is -0.564. The smallest absolute Gasteiger partial charge is 0.244 e. The predicted octanol–water partition coefficient (Wildman–Crippen LogP) is 4.93. The molecular weight excluding hydrogens is 573 g/mol. The number of carbonyl (C=O) groups excluding carboxylic acids is 2. The van der Waals surface area contributed by atoms with Crippen molar-refractivity contribution < 1.29 is 22.7 Å². The van der Waals surface area contributed by atoms with Gasteiger partial charge in [0.05, 0.1) is 24.1 Å². The van der Waals surface area contributed by atoms with E-state index in [2.05, 4.69) is 5.32 Å². The van der Waals surface area contributed by atoms with E-state index in [4.69, 9.17) is 27.9 Å². The third-order valence-electron chi connectivity index (χ3n) is 6.05. The van der Waals surface area contributed by atoms with E-state index < -0.39 is 28.5 Å². The van der Waals surface area contributed by atoms with Gasteiger partial charge in [-0.3, -0.25) is 13.9 Å². The van der Waals surface area contributed by atoms with E-state index in [0.717, 1.165) is 16.1 Å². The molecule has 214 valence electrons. The minimum atomic E-state index is -3.92. The van der Waals surface area contributed by atoms with Crippen molar-refractivity contribution in [2.24, 2.45) is 0 Å². The summed E-state index contributed by atoms with van der Waals surface area (Å²) in [7, 11) is -2.48. The molecule has 0 fully saturated rings. The molecule has 40 heavy (non-hydrogen) atoms. The van der Waals surface area contributed by atoms with E-state index in [-0.39, 0.29) is 35.6 Å². The van der Waals surface area contributed by atoms with Gasteiger partial charge < -0.3 is 15.0 Å². The number of methoxy groups -OCH3 is 1. The minimum absolute atomic E-state index is 0.0311. The highest BCUT2D eigenvalue weighted by molar-refractivity contribution is 7.92. The van der Waals surface area contributed by atoms with Crippen LogP contribution in [0.1, 0.15) is 25.0 Å². The van der Waals surface area contributed by atoms with Crippen molar-refractivity contribution in [1.82, 2.24) is 10.2 Å². The molecule has 0 aromatic heterocycles. The van der Waals surface area contributed by atoms with Crippen molar-refractivity contribution in [3.8, 4) is 5.75 Å². The fraction of sp³-hybridized carbons (Fsp3) is 0.310. The molecule has 2 amide bonds. The molecule has 0 saturated heterocycles. The summed E-state index contributed by atoms with van der Waals surface area (Å²) in [6.07, 6.45) is 1.23. The summed E-state index contributed by atoms with van der Waals surface area (Å²) >= 11 is 12.5. The molecule has 3 rings (SSSR count). The Labute approximate surface area is 245 Å². The van der Waals surface area contributed by atoms with Crippen LogP contribution in [0.25, 0.3) is 0 Å². The molecule has 1 N–H and O–H groups in total. The van der Waals surface area contributed by atoms with Crippen LogP contribution in [0.4, 0.5) is 5.69 Å². The van der Waals surface area contributed by atoms with Gasteiger partial charge in [-0.05, 0) is 55.3 Å². The van der Waals surface area contributed by atoms with Gasteiger partial charge in [0.25, 0.3) is 0 Å². The number of halogens is 2. The lowest BCUT2D eigenvalue weighted by Crippen LogP contribution is -2.54. The van der Waals surface area contributed by atoms with Gasteiger partial charge in [-0.2, -0.15) is 0 Å². The minimum Gasteiger partial charge on any atom is -0.495 e. The maximum Gasteiger partial charge on any atom is 0.244 e. The van der Waals surface area contributed by atoms with Crippen LogP contribution in [-0.4, -0.2) is 57.1 Å². The highest BCUT2D eigenvalue weighted by Crippen LogP contribution is 2.30. The van der Waals surface area contributed by atoms with Crippen LogP contribution in [0.2, 0.25) is 10.0 Å². The fourth-order valence-corrected chi connectivity index (χ4v) is 5.50. The molecule has 3 aromatic carbocycles. The molecule has 0 aliphatic rings. The van der Waals surface area contributed by atoms with Gasteiger partial charge in [0, 0.05) is 24.0 Å². The van der Waals surface area contributed by atoms with Crippen molar-refractivity contribution in [3.05, 3.63) is 94.0 Å². The second-order valence-corrected chi connectivity index (χ2v) is 12.4. The van der Waals surface area contributed by atoms with Gasteiger partial charge in [-0.15, -0.1) is 0 Å². The lowest BCUT2D eigenvalue weighted by atomic mass is 10.0. The number of anilines is 1. The quantitative estimate of drug-likeness (QED) is 0.316. The first-order valence-corrected chi connectivity index (χ1v) is 15.2. The van der Waals surface area contributed by atoms with E-state index in [1.54, 1.807) is 24.3 Å². The van der Waals surface area contributed by atoms with Crippen LogP contribution in [0.15, 0.2) is 72.8 Å². The molecule has 0 aliphatic heterocycles. The predicted molar refractivity (Wildman–Crippen MR) is 159 cm³/mol. The topological polar surface area (TPSA) is 96.0 Å². The number of nitrogens with one attached hydrogen (secondary N) is 1. The molecular formula is C29H33Cl2N3O5S. The van der Waals surface area contributed by atoms with Gasteiger partial charge in [0.15, 0.2) is 0 Å². The summed E-state index contributed by atoms with van der Waals surface area (Å²) in [5.41, 5.74) is 1.72. The van der Waals surface area contributed by atoms with Gasteiger partial charge >= 0.3 is 0 Å². The Hall–Kier alpha value is -3.27. The van der Waals surface area contributed by atoms with Crippen LogP contribution < -0.4 is 14.4 Å². The summed E-state index contributed by atoms with van der Waals surface area (Å²) in [4.78, 5) is 29.0. The van der Waals surface area contributed by atoms with E-state index in [1.807, 2.05) is 44.2 Å². The Morgan fingerprint density at radius 3 is 2.20 bits per heavy atom. The Morgan fingerprint density at radius 1 is 0.950 bits per heavy atom. The molecule has 0 bridgehead atoms. The molecule has 0 saturated carbocycles. The number of ether oxygens (including phenoxy) is 1. The Morgan fingerprint density at radius 2 is 1.62 bits per heavy atom. The first kappa shape index (κ1) is 31.3. The van der Waals surface area contributed by atoms with Gasteiger partial charge in [0.1, 0.15) is 18.3 Å². The number of benzene rings is 3. The number of carbonyl (C=O) groups is 2. The van der Waals surface area contributed by atoms with Crippen molar-refractivity contribution in [3.63, 3.8) is 0 Å². The second-order valence-electron chi connectivity index (χ2n) is 9.61. The van der Waals surface area contributed by atoms with E-state index >= 15 is 0 Å². The van der Waals surface area contributed by atoms with Crippen LogP contribution in [-0.2, 0) is 32.6 Å². The number of rotatable bonds is 12. The summed E-state index contributed by atoms with van der Waals surface area (Å²) in [6.45, 7) is 3.14. The Kier molecular flexibility index (Phi) is 10.8. The highest BCUT2D eigenvalue weighted by atomic mass is 35.5. The van der Waals surface area contributed by atoms with E-state index in [0.29, 0.717) is 16.3 Å². The SMILES string of the molecule is COc1ccc(N(CC(=O)N(Cc2cccc(Cl)c2)[C@@H](Cc2ccccc2)C(=O)NC(C)C)S(C)(=O)=O)cc1Cl. The zero-order valence-electron chi connectivity index (χ0n) is 22.8. The maximum atomic E-state index is 14.0. The summed E-state index contributed by atoms with van der Waals surface area (Å²) < 4.78 is 31.9. The van der Waals surface area contributed by atoms with Gasteiger partial charge in [0.2, 0.25) is 21.8 Å². The summed E-state index contributed by atoms with van der Waals surface area (Å²) in [6, 6.07) is 19.6. The van der Waals surface area contributed by atoms with Crippen LogP contribution in [0, 0.1) is 0 Å². The third-order valence-corrected chi connectivity index (χ3v) is 7.72. The molecule has 0 radical (unpaired) electrons. The molecule has 0 spiro atoms. The van der Waals surface area contributed by atoms with E-state index in [1.165, 1.54) is 30.2 Å². The number of nitrogens with zero attached hydrogens (tertiary/aromatic N) is 2. The van der Waals surface area contributed by atoms with Crippen molar-refractivity contribution >= 4 is 50.7 Å². The molecule has 0 heterocycles. The highest BCUT2D eigenvalue weighted by Gasteiger charge is 2.33. The normalized spacial score (nSPS) is 12.1. The monoisotopic (exact) mass is 605 g/mol. The zero-order chi connectivity index (χ0) is 29.4. The standard InChI is InChI=1S/C29H33Cl2N3O5S/c1-20(2)32-29(36)26(16-21-9-6-5-7-10-21)33(18-22-11-8-12-23(30)15-22)28(35)19-34(40(4,37)38)24-13-14-27(39-3)25(31)17-24/h5-15,17,20,26H,16,18-19H2,1-4H3,(H,32,36)/t26-/m0/s1. The van der Waals surface area contributed by atoms with Crippen molar-refractivity contribution in [1.29, 1.82) is 0 Å². The molecule has 0 aliphatic carbocycles. The largest absolute Gasteiger partial charge is 0.495 e. The lowest BCUT2D eigenvalue weighted by Gasteiger charge is -2.34. The maximum absolute atomic E-state index is 14.0. The zero-order valence-corrected chi connectivity index (χ0v) is 25.1. The lowest BCUT2D eigenvalue weighted by molar-refractivity contribution is -0.140. The molecule has 0 unspecified atom stereocenters. The second kappa shape index (κ2) is 13.9. The Balaban J connectivity index is 2.07. The third kappa shape index (κ3) is 8.61. The average Bonchev–Trinajstić information content (AvgIpc) is 2.88. The average molecular weight is 607 g/mol. The van der Waals surface area contributed by atoms with Crippen LogP contribution in [0.5, 0.6) is 5.75 Å². The molecule has 8 nitrogen and oxygen atoms in total.